The lowest BCUT2D eigenvalue weighted by atomic mass is 9.87. The van der Waals surface area contributed by atoms with Crippen LogP contribution in [0.4, 0.5) is 0 Å². The minimum atomic E-state index is 0.127. The van der Waals surface area contributed by atoms with E-state index in [-0.39, 0.29) is 5.91 Å². The van der Waals surface area contributed by atoms with E-state index in [1.54, 1.807) is 7.05 Å². The molecule has 0 unspecified atom stereocenters. The zero-order chi connectivity index (χ0) is 10.4. The van der Waals surface area contributed by atoms with E-state index in [1.165, 1.54) is 25.7 Å². The Hall–Kier alpha value is -0.570. The van der Waals surface area contributed by atoms with Crippen LogP contribution in [0.25, 0.3) is 0 Å². The van der Waals surface area contributed by atoms with Gasteiger partial charge in [0.15, 0.2) is 0 Å². The van der Waals surface area contributed by atoms with Gasteiger partial charge >= 0.3 is 0 Å². The number of amides is 1. The van der Waals surface area contributed by atoms with Crippen LogP contribution in [0.5, 0.6) is 0 Å². The Morgan fingerprint density at radius 1 is 1.29 bits per heavy atom. The van der Waals surface area contributed by atoms with Gasteiger partial charge in [-0.05, 0) is 31.6 Å². The van der Waals surface area contributed by atoms with E-state index in [2.05, 4.69) is 17.6 Å². The molecule has 82 valence electrons. The van der Waals surface area contributed by atoms with Crippen LogP contribution < -0.4 is 10.6 Å². The molecule has 1 saturated carbocycles. The standard InChI is InChI=1S/C11H22N2O/c1-9-3-5-10(6-4-9)13-8-7-11(14)12-2/h9-10,13H,3-8H2,1-2H3,(H,12,14). The Morgan fingerprint density at radius 3 is 2.50 bits per heavy atom. The Balaban J connectivity index is 2.04. The summed E-state index contributed by atoms with van der Waals surface area (Å²) in [6.07, 6.45) is 5.81. The van der Waals surface area contributed by atoms with Gasteiger partial charge in [0.2, 0.25) is 5.91 Å². The van der Waals surface area contributed by atoms with Gasteiger partial charge in [-0.2, -0.15) is 0 Å². The second-order valence-corrected chi connectivity index (χ2v) is 4.33. The summed E-state index contributed by atoms with van der Waals surface area (Å²) < 4.78 is 0. The van der Waals surface area contributed by atoms with Gasteiger partial charge in [-0.3, -0.25) is 4.79 Å². The van der Waals surface area contributed by atoms with Crippen LogP contribution in [-0.2, 0) is 4.79 Å². The molecule has 1 aliphatic rings. The number of nitrogens with one attached hydrogen (secondary N) is 2. The van der Waals surface area contributed by atoms with Crippen LogP contribution in [0, 0.1) is 5.92 Å². The Kier molecular flexibility index (Phi) is 4.94. The minimum absolute atomic E-state index is 0.127. The molecule has 0 heterocycles. The van der Waals surface area contributed by atoms with E-state index >= 15 is 0 Å². The monoisotopic (exact) mass is 198 g/mol. The Labute approximate surface area is 86.6 Å². The van der Waals surface area contributed by atoms with Gasteiger partial charge in [-0.15, -0.1) is 0 Å². The molecule has 0 spiro atoms. The second-order valence-electron chi connectivity index (χ2n) is 4.33. The van der Waals surface area contributed by atoms with Gasteiger partial charge in [0.25, 0.3) is 0 Å². The third kappa shape index (κ3) is 4.09. The summed E-state index contributed by atoms with van der Waals surface area (Å²) in [7, 11) is 1.69. The van der Waals surface area contributed by atoms with Crippen LogP contribution in [0.1, 0.15) is 39.0 Å². The van der Waals surface area contributed by atoms with E-state index in [4.69, 9.17) is 0 Å². The molecule has 2 N–H and O–H groups in total. The number of carbonyl (C=O) groups is 1. The van der Waals surface area contributed by atoms with Crippen molar-refractivity contribution < 1.29 is 4.79 Å². The van der Waals surface area contributed by atoms with E-state index < -0.39 is 0 Å². The van der Waals surface area contributed by atoms with E-state index in [0.717, 1.165) is 12.5 Å². The summed E-state index contributed by atoms with van der Waals surface area (Å²) in [4.78, 5) is 11.0. The van der Waals surface area contributed by atoms with Crippen LogP contribution in [0.15, 0.2) is 0 Å². The average Bonchev–Trinajstić information content (AvgIpc) is 2.21. The van der Waals surface area contributed by atoms with Crippen LogP contribution in [0.2, 0.25) is 0 Å². The third-order valence-electron chi connectivity index (χ3n) is 3.08. The van der Waals surface area contributed by atoms with E-state index in [1.807, 2.05) is 0 Å². The zero-order valence-electron chi connectivity index (χ0n) is 9.31. The topological polar surface area (TPSA) is 41.1 Å². The van der Waals surface area contributed by atoms with Crippen molar-refractivity contribution in [2.75, 3.05) is 13.6 Å². The average molecular weight is 198 g/mol. The summed E-state index contributed by atoms with van der Waals surface area (Å²) >= 11 is 0. The lowest BCUT2D eigenvalue weighted by molar-refractivity contribution is -0.120. The first-order valence-electron chi connectivity index (χ1n) is 5.66. The predicted octanol–water partition coefficient (Wildman–Crippen LogP) is 1.29. The quantitative estimate of drug-likeness (QED) is 0.714. The highest BCUT2D eigenvalue weighted by Gasteiger charge is 2.17. The highest BCUT2D eigenvalue weighted by atomic mass is 16.1. The predicted molar refractivity (Wildman–Crippen MR) is 58.1 cm³/mol. The summed E-state index contributed by atoms with van der Waals surface area (Å²) in [6.45, 7) is 3.14. The van der Waals surface area contributed by atoms with Crippen LogP contribution >= 0.6 is 0 Å². The molecule has 0 bridgehead atoms. The van der Waals surface area contributed by atoms with Gasteiger partial charge in [0, 0.05) is 26.1 Å². The highest BCUT2D eigenvalue weighted by molar-refractivity contribution is 5.75. The maximum Gasteiger partial charge on any atom is 0.221 e. The molecule has 0 aliphatic heterocycles. The number of carbonyl (C=O) groups excluding carboxylic acids is 1. The molecule has 1 rings (SSSR count). The normalized spacial score (nSPS) is 27.3. The van der Waals surface area contributed by atoms with Gasteiger partial charge in [0.1, 0.15) is 0 Å². The Morgan fingerprint density at radius 2 is 1.93 bits per heavy atom. The van der Waals surface area contributed by atoms with Crippen molar-refractivity contribution in [2.45, 2.75) is 45.1 Å². The van der Waals surface area contributed by atoms with Crippen molar-refractivity contribution in [1.29, 1.82) is 0 Å². The molecule has 0 aromatic rings. The van der Waals surface area contributed by atoms with Crippen molar-refractivity contribution >= 4 is 5.91 Å². The van der Waals surface area contributed by atoms with Crippen molar-refractivity contribution in [3.05, 3.63) is 0 Å². The largest absolute Gasteiger partial charge is 0.359 e. The maximum atomic E-state index is 11.0. The lowest BCUT2D eigenvalue weighted by Crippen LogP contribution is -2.35. The van der Waals surface area contributed by atoms with Crippen molar-refractivity contribution in [2.24, 2.45) is 5.92 Å². The van der Waals surface area contributed by atoms with Gasteiger partial charge in [-0.1, -0.05) is 6.92 Å². The number of hydrogen-bond acceptors (Lipinski definition) is 2. The van der Waals surface area contributed by atoms with Crippen LogP contribution in [-0.4, -0.2) is 25.5 Å². The fraction of sp³-hybridized carbons (Fsp3) is 0.909. The van der Waals surface area contributed by atoms with Gasteiger partial charge in [-0.25, -0.2) is 0 Å². The molecule has 1 amide bonds. The summed E-state index contributed by atoms with van der Waals surface area (Å²) in [5.74, 6) is 1.02. The van der Waals surface area contributed by atoms with Crippen molar-refractivity contribution in [3.63, 3.8) is 0 Å². The minimum Gasteiger partial charge on any atom is -0.359 e. The molecule has 0 saturated heterocycles. The Bertz CT molecular complexity index is 174. The maximum absolute atomic E-state index is 11.0. The lowest BCUT2D eigenvalue weighted by Gasteiger charge is -2.26. The zero-order valence-corrected chi connectivity index (χ0v) is 9.31. The number of hydrogen-bond donors (Lipinski definition) is 2. The fourth-order valence-electron chi connectivity index (χ4n) is 1.98. The molecule has 1 aliphatic carbocycles. The fourth-order valence-corrected chi connectivity index (χ4v) is 1.98. The molecule has 0 aromatic heterocycles. The van der Waals surface area contributed by atoms with Gasteiger partial charge in [0.05, 0.1) is 0 Å². The molecular weight excluding hydrogens is 176 g/mol. The first kappa shape index (κ1) is 11.5. The smallest absolute Gasteiger partial charge is 0.221 e. The summed E-state index contributed by atoms with van der Waals surface area (Å²) in [5, 5.41) is 6.08. The molecule has 14 heavy (non-hydrogen) atoms. The molecule has 0 aromatic carbocycles. The molecule has 0 radical (unpaired) electrons. The van der Waals surface area contributed by atoms with Crippen molar-refractivity contribution in [3.8, 4) is 0 Å². The van der Waals surface area contributed by atoms with E-state index in [0.29, 0.717) is 12.5 Å². The molecule has 0 atom stereocenters. The van der Waals surface area contributed by atoms with Crippen molar-refractivity contribution in [1.82, 2.24) is 10.6 Å². The second kappa shape index (κ2) is 6.02. The van der Waals surface area contributed by atoms with Gasteiger partial charge < -0.3 is 10.6 Å². The first-order valence-corrected chi connectivity index (χ1v) is 5.66. The molecule has 3 heteroatoms. The third-order valence-corrected chi connectivity index (χ3v) is 3.08. The summed E-state index contributed by atoms with van der Waals surface area (Å²) in [6, 6.07) is 0.649. The molecule has 3 nitrogen and oxygen atoms in total. The first-order chi connectivity index (χ1) is 6.72. The number of rotatable bonds is 4. The molecular formula is C11H22N2O. The van der Waals surface area contributed by atoms with Crippen LogP contribution in [0.3, 0.4) is 0 Å². The molecule has 1 fully saturated rings. The highest BCUT2D eigenvalue weighted by Crippen LogP contribution is 2.23. The SMILES string of the molecule is CNC(=O)CCNC1CCC(C)CC1. The van der Waals surface area contributed by atoms with E-state index in [9.17, 15) is 4.79 Å². The summed E-state index contributed by atoms with van der Waals surface area (Å²) in [5.41, 5.74) is 0.